The van der Waals surface area contributed by atoms with Gasteiger partial charge < -0.3 is 149 Å². The van der Waals surface area contributed by atoms with E-state index in [-0.39, 0.29) is 35.2 Å². The minimum atomic E-state index is -2.05. The molecule has 95 heavy (non-hydrogen) atoms. The zero-order chi connectivity index (χ0) is 69.3. The maximum atomic E-state index is 15.4. The number of carbonyl (C=O) groups excluding carboxylic acids is 1. The summed E-state index contributed by atoms with van der Waals surface area (Å²) >= 11 is 0. The summed E-state index contributed by atoms with van der Waals surface area (Å²) < 4.78 is 71.2. The Balaban J connectivity index is 0.802. The fourth-order valence-corrected chi connectivity index (χ4v) is 18.8. The SMILES string of the molecule is C[C@H]1O[C@@H](O[C@H]2[C@H](O)[C@@H](O)[C@H](O[C@@H]3O[C@@H](OC(=O)[C@]45CCC(C)(C)C[C@@H]4C4=CC[C@H]6[C@@]7(C)CC[C@H](O[C@@H]8OC[C@H](O[C@@H]9O[C@H](CO)[C@@H](O)[C@H](O)[C@H]9O)[C@H](O)[C@H]8O[C@@H]8[C@@H](O)[C@H](O)O[C@H](C)[C@@H]8O)[C@@](C)(CO)[C@@H]7CC[C@@]6(C)[C@]4(C)CC5)[C@@H](O)[C@H](O)[C@@H]3O)O[C@@H]2CO)[C@H](O)[C@@H](O)[C@H]1O. The Morgan fingerprint density at radius 3 is 1.74 bits per heavy atom. The number of aliphatic hydroxyl groups excluding tert-OH is 18. The highest BCUT2D eigenvalue weighted by Crippen LogP contribution is 2.76. The summed E-state index contributed by atoms with van der Waals surface area (Å²) in [6.07, 6.45) is -42.3. The minimum absolute atomic E-state index is 0.0283. The van der Waals surface area contributed by atoms with Crippen molar-refractivity contribution in [2.75, 3.05) is 26.4 Å². The van der Waals surface area contributed by atoms with Gasteiger partial charge in [-0.05, 0) is 117 Å². The van der Waals surface area contributed by atoms with Gasteiger partial charge in [0, 0.05) is 5.41 Å². The van der Waals surface area contributed by atoms with Crippen molar-refractivity contribution >= 4 is 5.97 Å². The third-order valence-electron chi connectivity index (χ3n) is 25.0. The predicted molar refractivity (Wildman–Crippen MR) is 316 cm³/mol. The van der Waals surface area contributed by atoms with Crippen molar-refractivity contribution in [1.82, 2.24) is 0 Å². The summed E-state index contributed by atoms with van der Waals surface area (Å²) in [5, 5.41) is 197. The van der Waals surface area contributed by atoms with Crippen molar-refractivity contribution in [3.05, 3.63) is 11.6 Å². The van der Waals surface area contributed by atoms with Gasteiger partial charge in [0.15, 0.2) is 37.7 Å². The predicted octanol–water partition coefficient (Wildman–Crippen LogP) is -4.76. The van der Waals surface area contributed by atoms with Crippen LogP contribution in [0.5, 0.6) is 0 Å². The van der Waals surface area contributed by atoms with Crippen LogP contribution in [-0.4, -0.2) is 309 Å². The van der Waals surface area contributed by atoms with Crippen molar-refractivity contribution in [1.29, 1.82) is 0 Å². The fraction of sp³-hybridized carbons (Fsp3) is 0.953. The summed E-state index contributed by atoms with van der Waals surface area (Å²) in [7, 11) is 0. The quantitative estimate of drug-likeness (QED) is 0.0416. The van der Waals surface area contributed by atoms with Gasteiger partial charge in [-0.2, -0.15) is 0 Å². The van der Waals surface area contributed by atoms with Gasteiger partial charge in [-0.15, -0.1) is 0 Å². The van der Waals surface area contributed by atoms with E-state index in [2.05, 4.69) is 40.7 Å². The van der Waals surface area contributed by atoms with Crippen LogP contribution in [0.1, 0.15) is 120 Å². The molecule has 6 saturated heterocycles. The molecule has 6 aliphatic heterocycles. The third kappa shape index (κ3) is 12.6. The number of rotatable bonds is 15. The third-order valence-corrected chi connectivity index (χ3v) is 25.0. The molecule has 10 fully saturated rings. The summed E-state index contributed by atoms with van der Waals surface area (Å²) in [5.41, 5.74) is -2.56. The Kier molecular flexibility index (Phi) is 21.6. The van der Waals surface area contributed by atoms with Gasteiger partial charge in [-0.3, -0.25) is 4.79 Å². The summed E-state index contributed by atoms with van der Waals surface area (Å²) in [5.74, 6) is -1.23. The first kappa shape index (κ1) is 74.2. The lowest BCUT2D eigenvalue weighted by Crippen LogP contribution is -2.67. The zero-order valence-corrected chi connectivity index (χ0v) is 54.9. The van der Waals surface area contributed by atoms with Crippen LogP contribution in [-0.2, 0) is 61.6 Å². The first-order chi connectivity index (χ1) is 44.6. The number of hydrogen-bond donors (Lipinski definition) is 18. The van der Waals surface area contributed by atoms with Crippen molar-refractivity contribution < 1.29 is 154 Å². The molecule has 18 N–H and O–H groups in total. The average Bonchev–Trinajstić information content (AvgIpc) is 0.675. The molecular weight excluding hydrogens is 1260 g/mol. The van der Waals surface area contributed by atoms with Crippen LogP contribution in [0.2, 0.25) is 0 Å². The molecule has 4 saturated carbocycles. The van der Waals surface area contributed by atoms with E-state index in [1.54, 1.807) is 0 Å². The number of fused-ring (bicyclic) bond motifs is 7. The highest BCUT2D eigenvalue weighted by atomic mass is 16.8. The van der Waals surface area contributed by atoms with Crippen LogP contribution >= 0.6 is 0 Å². The molecule has 546 valence electrons. The molecular formula is C64H104O31. The van der Waals surface area contributed by atoms with E-state index < -0.39 is 232 Å². The number of allylic oxidation sites excluding steroid dienone is 2. The standard InChI is InChI=1S/C64H104O31/c1-24-34(68)38(72)42(76)52(86-24)92-48-29(21-66)88-54(46(80)41(48)75)93-55-44(78)40(74)45(79)56(94-55)95-58(83)64-17-15-59(3,4)19-27(64)26-9-10-32-60(5)13-12-33(61(6,23-67)31(60)11-14-63(32,8)62(26,7)16-18-64)90-57-50(91-49-35(69)25(2)85-51(82)47(49)81)37(71)30(22-84-57)89-53-43(77)39(73)36(70)28(20-65)87-53/h9,24-25,27-57,65-82H,10-23H2,1-8H3/t24-,25-,27-,28-,29-,30+,31-,32+,33+,34+,35+,36-,37+,38+,39+,40-,41-,42-,43-,44+,45+,46-,47-,48-,49+,50-,51-,52+,53+,54+,55-,56+,57+,60+,61+,62-,63-,64+/m1/s1. The smallest absolute Gasteiger partial charge is 0.315 e. The molecule has 5 aliphatic carbocycles. The van der Waals surface area contributed by atoms with Gasteiger partial charge >= 0.3 is 5.97 Å². The molecule has 0 aromatic heterocycles. The molecule has 0 amide bonds. The Labute approximate surface area is 550 Å². The van der Waals surface area contributed by atoms with Crippen LogP contribution in [0, 0.1) is 50.2 Å². The Morgan fingerprint density at radius 1 is 0.495 bits per heavy atom. The Bertz CT molecular complexity index is 2660. The molecule has 0 bridgehead atoms. The lowest BCUT2D eigenvalue weighted by atomic mass is 9.33. The number of carbonyl (C=O) groups is 1. The van der Waals surface area contributed by atoms with Crippen molar-refractivity contribution in [2.24, 2.45) is 50.2 Å². The molecule has 0 aromatic carbocycles. The second kappa shape index (κ2) is 27.7. The molecule has 6 heterocycles. The van der Waals surface area contributed by atoms with Gasteiger partial charge in [0.05, 0.1) is 50.2 Å². The maximum absolute atomic E-state index is 15.4. The molecule has 0 radical (unpaired) electrons. The largest absolute Gasteiger partial charge is 0.432 e. The van der Waals surface area contributed by atoms with Gasteiger partial charge in [-0.25, -0.2) is 0 Å². The van der Waals surface area contributed by atoms with Crippen molar-refractivity contribution in [3.8, 4) is 0 Å². The van der Waals surface area contributed by atoms with Gasteiger partial charge in [0.1, 0.15) is 122 Å². The fourth-order valence-electron chi connectivity index (χ4n) is 18.8. The number of esters is 1. The summed E-state index contributed by atoms with van der Waals surface area (Å²) in [6, 6.07) is 0. The lowest BCUT2D eigenvalue weighted by molar-refractivity contribution is -0.404. The normalized spacial score (nSPS) is 55.6. The lowest BCUT2D eigenvalue weighted by Gasteiger charge is -2.71. The van der Waals surface area contributed by atoms with E-state index in [9.17, 15) is 91.9 Å². The van der Waals surface area contributed by atoms with Crippen LogP contribution in [0.15, 0.2) is 11.6 Å². The molecule has 38 atom stereocenters. The second-order valence-corrected chi connectivity index (χ2v) is 30.9. The Hall–Kier alpha value is -1.95. The van der Waals surface area contributed by atoms with Gasteiger partial charge in [-0.1, -0.05) is 53.2 Å². The monoisotopic (exact) mass is 1370 g/mol. The number of aliphatic hydroxyl groups is 18. The van der Waals surface area contributed by atoms with Crippen molar-refractivity contribution in [2.45, 2.75) is 304 Å². The van der Waals surface area contributed by atoms with E-state index in [4.69, 9.17) is 56.8 Å². The molecule has 0 unspecified atom stereocenters. The second-order valence-electron chi connectivity index (χ2n) is 30.9. The summed E-state index contributed by atoms with van der Waals surface area (Å²) in [4.78, 5) is 15.4. The van der Waals surface area contributed by atoms with E-state index in [1.165, 1.54) is 13.8 Å². The van der Waals surface area contributed by atoms with Gasteiger partial charge in [0.2, 0.25) is 6.29 Å². The number of ether oxygens (including phenoxy) is 12. The topological polar surface area (TPSA) is 492 Å². The zero-order valence-electron chi connectivity index (χ0n) is 54.9. The van der Waals surface area contributed by atoms with E-state index >= 15 is 4.79 Å². The highest BCUT2D eigenvalue weighted by molar-refractivity contribution is 5.79. The summed E-state index contributed by atoms with van der Waals surface area (Å²) in [6.45, 7) is 13.6. The van der Waals surface area contributed by atoms with Crippen LogP contribution in [0.3, 0.4) is 0 Å². The average molecular weight is 1370 g/mol. The first-order valence-electron chi connectivity index (χ1n) is 33.7. The molecule has 31 heteroatoms. The number of hydrogen-bond acceptors (Lipinski definition) is 31. The van der Waals surface area contributed by atoms with Crippen molar-refractivity contribution in [3.63, 3.8) is 0 Å². The van der Waals surface area contributed by atoms with Gasteiger partial charge in [0.25, 0.3) is 0 Å². The Morgan fingerprint density at radius 2 is 1.07 bits per heavy atom. The molecule has 11 aliphatic rings. The maximum Gasteiger partial charge on any atom is 0.315 e. The van der Waals surface area contributed by atoms with Crippen LogP contribution in [0.4, 0.5) is 0 Å². The molecule has 11 rings (SSSR count). The van der Waals surface area contributed by atoms with E-state index in [0.717, 1.165) is 5.57 Å². The van der Waals surface area contributed by atoms with Crippen LogP contribution in [0.25, 0.3) is 0 Å². The van der Waals surface area contributed by atoms with Crippen LogP contribution < -0.4 is 0 Å². The van der Waals surface area contributed by atoms with E-state index in [0.29, 0.717) is 64.2 Å². The minimum Gasteiger partial charge on any atom is -0.432 e. The highest BCUT2D eigenvalue weighted by Gasteiger charge is 2.71. The first-order valence-corrected chi connectivity index (χ1v) is 33.7. The molecule has 0 spiro atoms. The molecule has 31 nitrogen and oxygen atoms in total. The van der Waals surface area contributed by atoms with E-state index in [1.807, 2.05) is 6.92 Å². The molecule has 0 aromatic rings.